The maximum Gasteiger partial charge on any atom is 0.240 e. The zero-order valence-corrected chi connectivity index (χ0v) is 6.94. The van der Waals surface area contributed by atoms with Gasteiger partial charge < -0.3 is 5.32 Å². The van der Waals surface area contributed by atoms with E-state index in [0.717, 1.165) is 0 Å². The first-order valence-corrected chi connectivity index (χ1v) is 3.50. The highest BCUT2D eigenvalue weighted by Gasteiger charge is 2.11. The van der Waals surface area contributed by atoms with E-state index in [9.17, 15) is 9.59 Å². The average molecular weight is 170 g/mol. The van der Waals surface area contributed by atoms with Gasteiger partial charge in [-0.15, -0.1) is 0 Å². The van der Waals surface area contributed by atoms with Crippen molar-refractivity contribution in [1.29, 1.82) is 0 Å². The number of azide groups is 1. The lowest BCUT2D eigenvalue weighted by Crippen LogP contribution is -2.37. The third kappa shape index (κ3) is 3.58. The zero-order chi connectivity index (χ0) is 9.56. The Morgan fingerprint density at radius 2 is 2.25 bits per heavy atom. The van der Waals surface area contributed by atoms with Gasteiger partial charge in [0.25, 0.3) is 0 Å². The second kappa shape index (κ2) is 5.15. The van der Waals surface area contributed by atoms with Gasteiger partial charge in [0.2, 0.25) is 11.8 Å². The molecule has 6 nitrogen and oxygen atoms in total. The lowest BCUT2D eigenvalue weighted by molar-refractivity contribution is -0.126. The van der Waals surface area contributed by atoms with Crippen molar-refractivity contribution in [2.24, 2.45) is 5.11 Å². The molecule has 1 N–H and O–H groups in total. The van der Waals surface area contributed by atoms with Gasteiger partial charge in [-0.1, -0.05) is 6.92 Å². The maximum atomic E-state index is 10.8. The van der Waals surface area contributed by atoms with E-state index in [2.05, 4.69) is 15.3 Å². The Morgan fingerprint density at radius 3 is 2.67 bits per heavy atom. The molecule has 0 aromatic carbocycles. The van der Waals surface area contributed by atoms with E-state index in [4.69, 9.17) is 5.53 Å². The summed E-state index contributed by atoms with van der Waals surface area (Å²) in [5, 5.41) is 5.20. The Balaban J connectivity index is 4.03. The van der Waals surface area contributed by atoms with Crippen LogP contribution in [0.1, 0.15) is 20.3 Å². The van der Waals surface area contributed by atoms with Crippen LogP contribution in [0.5, 0.6) is 0 Å². The third-order valence-electron chi connectivity index (χ3n) is 1.21. The van der Waals surface area contributed by atoms with E-state index in [1.165, 1.54) is 6.92 Å². The molecule has 0 unspecified atom stereocenters. The average Bonchev–Trinajstić information content (AvgIpc) is 2.04. The first kappa shape index (κ1) is 10.4. The number of carbonyl (C=O) groups is 2. The standard InChI is InChI=1S/C6H10N4O2/c1-3-5(11)8-4(2)6(12)9-10-7/h4H,3H2,1-2H3,(H,8,11)/t4-/m0/s1. The van der Waals surface area contributed by atoms with Gasteiger partial charge in [0.15, 0.2) is 0 Å². The predicted molar refractivity (Wildman–Crippen MR) is 42.0 cm³/mol. The van der Waals surface area contributed by atoms with Crippen LogP contribution in [0.2, 0.25) is 0 Å². The summed E-state index contributed by atoms with van der Waals surface area (Å²) < 4.78 is 0. The second-order valence-corrected chi connectivity index (χ2v) is 2.17. The molecule has 2 amide bonds. The van der Waals surface area contributed by atoms with Gasteiger partial charge in [-0.05, 0) is 17.6 Å². The molecule has 0 radical (unpaired) electrons. The highest BCUT2D eigenvalue weighted by molar-refractivity contribution is 5.87. The molecule has 0 heterocycles. The summed E-state index contributed by atoms with van der Waals surface area (Å²) in [5.41, 5.74) is 7.90. The topological polar surface area (TPSA) is 94.9 Å². The van der Waals surface area contributed by atoms with E-state index < -0.39 is 11.9 Å². The summed E-state index contributed by atoms with van der Waals surface area (Å²) in [7, 11) is 0. The Morgan fingerprint density at radius 1 is 1.67 bits per heavy atom. The van der Waals surface area contributed by atoms with Crippen LogP contribution < -0.4 is 5.32 Å². The van der Waals surface area contributed by atoms with E-state index in [-0.39, 0.29) is 5.91 Å². The molecule has 0 fully saturated rings. The molecule has 6 heteroatoms. The molecule has 0 aliphatic rings. The first-order chi connectivity index (χ1) is 5.61. The molecule has 0 aliphatic heterocycles. The molecular formula is C6H10N4O2. The second-order valence-electron chi connectivity index (χ2n) is 2.17. The van der Waals surface area contributed by atoms with Gasteiger partial charge in [0, 0.05) is 11.3 Å². The number of amides is 2. The Bertz CT molecular complexity index is 232. The molecule has 1 atom stereocenters. The molecule has 0 rings (SSSR count). The van der Waals surface area contributed by atoms with Crippen LogP contribution in [-0.4, -0.2) is 17.9 Å². The van der Waals surface area contributed by atoms with Crippen molar-refractivity contribution in [3.05, 3.63) is 10.4 Å². The molecule has 0 saturated heterocycles. The highest BCUT2D eigenvalue weighted by Crippen LogP contribution is 1.88. The summed E-state index contributed by atoms with van der Waals surface area (Å²) in [5.74, 6) is -0.928. The van der Waals surface area contributed by atoms with Crippen molar-refractivity contribution >= 4 is 11.8 Å². The van der Waals surface area contributed by atoms with Gasteiger partial charge in [-0.2, -0.15) is 0 Å². The van der Waals surface area contributed by atoms with Gasteiger partial charge >= 0.3 is 0 Å². The van der Waals surface area contributed by atoms with Gasteiger partial charge in [0.05, 0.1) is 6.04 Å². The van der Waals surface area contributed by atoms with Crippen LogP contribution in [0.3, 0.4) is 0 Å². The SMILES string of the molecule is CCC(=O)N[C@@H](C)C(=O)N=[N+]=[N-]. The molecule has 0 aromatic heterocycles. The largest absolute Gasteiger partial charge is 0.346 e. The lowest BCUT2D eigenvalue weighted by Gasteiger charge is -2.07. The fraction of sp³-hybridized carbons (Fsp3) is 0.667. The summed E-state index contributed by atoms with van der Waals surface area (Å²) in [6.07, 6.45) is 0.299. The molecule has 0 bridgehead atoms. The summed E-state index contributed by atoms with van der Waals surface area (Å²) in [4.78, 5) is 23.8. The van der Waals surface area contributed by atoms with E-state index in [0.29, 0.717) is 6.42 Å². The van der Waals surface area contributed by atoms with Crippen LogP contribution in [0.4, 0.5) is 0 Å². The molecule has 12 heavy (non-hydrogen) atoms. The van der Waals surface area contributed by atoms with Crippen molar-refractivity contribution in [3.63, 3.8) is 0 Å². The monoisotopic (exact) mass is 170 g/mol. The van der Waals surface area contributed by atoms with Crippen molar-refractivity contribution < 1.29 is 9.59 Å². The van der Waals surface area contributed by atoms with Gasteiger partial charge in [0.1, 0.15) is 0 Å². The van der Waals surface area contributed by atoms with E-state index in [1.807, 2.05) is 0 Å². The van der Waals surface area contributed by atoms with Crippen LogP contribution in [0.15, 0.2) is 5.11 Å². The summed E-state index contributed by atoms with van der Waals surface area (Å²) in [6.45, 7) is 3.13. The van der Waals surface area contributed by atoms with Crippen LogP contribution >= 0.6 is 0 Å². The van der Waals surface area contributed by atoms with Gasteiger partial charge in [-0.25, -0.2) is 0 Å². The van der Waals surface area contributed by atoms with Crippen LogP contribution in [-0.2, 0) is 9.59 Å². The number of hydrogen-bond acceptors (Lipinski definition) is 2. The molecule has 0 aliphatic carbocycles. The van der Waals surface area contributed by atoms with Gasteiger partial charge in [-0.3, -0.25) is 9.59 Å². The fourth-order valence-corrected chi connectivity index (χ4v) is 0.536. The smallest absolute Gasteiger partial charge is 0.240 e. The lowest BCUT2D eigenvalue weighted by atomic mass is 10.3. The van der Waals surface area contributed by atoms with E-state index >= 15 is 0 Å². The molecule has 0 saturated carbocycles. The van der Waals surface area contributed by atoms with Crippen molar-refractivity contribution in [2.45, 2.75) is 26.3 Å². The summed E-state index contributed by atoms with van der Waals surface area (Å²) in [6, 6.07) is -0.742. The third-order valence-corrected chi connectivity index (χ3v) is 1.21. The van der Waals surface area contributed by atoms with Crippen molar-refractivity contribution in [1.82, 2.24) is 5.32 Å². The normalized spacial score (nSPS) is 11.2. The zero-order valence-electron chi connectivity index (χ0n) is 6.94. The number of nitrogens with one attached hydrogen (secondary N) is 1. The maximum absolute atomic E-state index is 10.8. The fourth-order valence-electron chi connectivity index (χ4n) is 0.536. The molecule has 0 spiro atoms. The molecule has 0 aromatic rings. The number of carbonyl (C=O) groups excluding carboxylic acids is 2. The minimum Gasteiger partial charge on any atom is -0.346 e. The number of rotatable bonds is 3. The Kier molecular flexibility index (Phi) is 4.48. The predicted octanol–water partition coefficient (Wildman–Crippen LogP) is 0.738. The van der Waals surface area contributed by atoms with Crippen LogP contribution in [0, 0.1) is 0 Å². The first-order valence-electron chi connectivity index (χ1n) is 3.50. The number of hydrogen-bond donors (Lipinski definition) is 1. The van der Waals surface area contributed by atoms with Crippen LogP contribution in [0.25, 0.3) is 10.4 Å². The number of nitrogens with zero attached hydrogens (tertiary/aromatic N) is 3. The van der Waals surface area contributed by atoms with Crippen molar-refractivity contribution in [2.75, 3.05) is 0 Å². The Labute approximate surface area is 69.6 Å². The minimum atomic E-state index is -0.742. The summed E-state index contributed by atoms with van der Waals surface area (Å²) >= 11 is 0. The Hall–Kier alpha value is -1.55. The molecule has 66 valence electrons. The van der Waals surface area contributed by atoms with E-state index in [1.54, 1.807) is 6.92 Å². The highest BCUT2D eigenvalue weighted by atomic mass is 16.2. The quantitative estimate of drug-likeness (QED) is 0.384. The minimum absolute atomic E-state index is 0.246. The van der Waals surface area contributed by atoms with Crippen molar-refractivity contribution in [3.8, 4) is 0 Å². The molecular weight excluding hydrogens is 160 g/mol.